The summed E-state index contributed by atoms with van der Waals surface area (Å²) >= 11 is 1.43. The van der Waals surface area contributed by atoms with Gasteiger partial charge in [-0.05, 0) is 17.7 Å². The Hall–Kier alpha value is -2.97. The Balaban J connectivity index is 1.79. The summed E-state index contributed by atoms with van der Waals surface area (Å²) in [6, 6.07) is 19.4. The minimum absolute atomic E-state index is 0.151. The number of aromatic nitrogens is 2. The molecule has 2 aromatic carbocycles. The van der Waals surface area contributed by atoms with Gasteiger partial charge in [-0.2, -0.15) is 0 Å². The van der Waals surface area contributed by atoms with Crippen LogP contribution in [0.3, 0.4) is 0 Å². The van der Waals surface area contributed by atoms with Crippen LogP contribution in [0.15, 0.2) is 70.6 Å². The first-order valence-corrected chi connectivity index (χ1v) is 8.34. The van der Waals surface area contributed by atoms with Crippen molar-refractivity contribution in [1.29, 1.82) is 0 Å². The standard InChI is InChI=1S/C19H15N3OS/c20-17-16(12-11-14-7-3-1-4-8-14)18(23)22-19(21-17)24-13-15-9-5-2-6-10-15/h1-10H,13H2,(H3,20,21,22,23). The summed E-state index contributed by atoms with van der Waals surface area (Å²) in [6.07, 6.45) is 0. The number of anilines is 1. The maximum absolute atomic E-state index is 12.2. The van der Waals surface area contributed by atoms with Crippen molar-refractivity contribution in [2.45, 2.75) is 10.9 Å². The molecule has 3 rings (SSSR count). The Morgan fingerprint density at radius 3 is 2.33 bits per heavy atom. The van der Waals surface area contributed by atoms with Crippen LogP contribution < -0.4 is 11.3 Å². The average molecular weight is 333 g/mol. The summed E-state index contributed by atoms with van der Waals surface area (Å²) in [5.74, 6) is 6.59. The van der Waals surface area contributed by atoms with Crippen LogP contribution in [0.4, 0.5) is 5.82 Å². The lowest BCUT2D eigenvalue weighted by atomic mass is 10.2. The molecule has 4 nitrogen and oxygen atoms in total. The number of nitrogens with zero attached hydrogens (tertiary/aromatic N) is 1. The highest BCUT2D eigenvalue weighted by molar-refractivity contribution is 7.98. The highest BCUT2D eigenvalue weighted by atomic mass is 32.2. The van der Waals surface area contributed by atoms with E-state index in [0.29, 0.717) is 10.9 Å². The Morgan fingerprint density at radius 2 is 1.67 bits per heavy atom. The summed E-state index contributed by atoms with van der Waals surface area (Å²) in [5, 5.41) is 0.492. The first-order chi connectivity index (χ1) is 11.7. The van der Waals surface area contributed by atoms with Gasteiger partial charge in [0, 0.05) is 11.3 Å². The molecule has 3 aromatic rings. The van der Waals surface area contributed by atoms with Gasteiger partial charge in [0.1, 0.15) is 11.4 Å². The van der Waals surface area contributed by atoms with Gasteiger partial charge in [0.25, 0.3) is 5.56 Å². The van der Waals surface area contributed by atoms with Crippen molar-refractivity contribution in [3.05, 3.63) is 87.7 Å². The first-order valence-electron chi connectivity index (χ1n) is 7.36. The number of nitrogens with two attached hydrogens (primary N) is 1. The summed E-state index contributed by atoms with van der Waals surface area (Å²) < 4.78 is 0. The van der Waals surface area contributed by atoms with Crippen molar-refractivity contribution in [3.63, 3.8) is 0 Å². The lowest BCUT2D eigenvalue weighted by Crippen LogP contribution is -2.16. The lowest BCUT2D eigenvalue weighted by Gasteiger charge is -2.03. The van der Waals surface area contributed by atoms with E-state index in [-0.39, 0.29) is 16.9 Å². The maximum atomic E-state index is 12.2. The highest BCUT2D eigenvalue weighted by Crippen LogP contribution is 2.19. The van der Waals surface area contributed by atoms with Gasteiger partial charge >= 0.3 is 0 Å². The van der Waals surface area contributed by atoms with Gasteiger partial charge in [-0.3, -0.25) is 4.79 Å². The third-order valence-corrected chi connectivity index (χ3v) is 4.19. The van der Waals surface area contributed by atoms with E-state index in [4.69, 9.17) is 5.73 Å². The smallest absolute Gasteiger partial charge is 0.269 e. The molecule has 0 bridgehead atoms. The molecule has 0 atom stereocenters. The van der Waals surface area contributed by atoms with Crippen LogP contribution in [-0.4, -0.2) is 9.97 Å². The Kier molecular flexibility index (Phi) is 4.99. The van der Waals surface area contributed by atoms with Crippen molar-refractivity contribution in [2.75, 3.05) is 5.73 Å². The van der Waals surface area contributed by atoms with Gasteiger partial charge in [-0.15, -0.1) is 0 Å². The second-order valence-corrected chi connectivity index (χ2v) is 5.99. The van der Waals surface area contributed by atoms with Crippen LogP contribution in [0, 0.1) is 11.8 Å². The molecule has 5 heteroatoms. The summed E-state index contributed by atoms with van der Waals surface area (Å²) in [4.78, 5) is 19.2. The molecule has 3 N–H and O–H groups in total. The topological polar surface area (TPSA) is 71.8 Å². The van der Waals surface area contributed by atoms with Crippen molar-refractivity contribution >= 4 is 17.6 Å². The van der Waals surface area contributed by atoms with Crippen LogP contribution in [0.5, 0.6) is 0 Å². The van der Waals surface area contributed by atoms with Crippen molar-refractivity contribution in [1.82, 2.24) is 9.97 Å². The zero-order chi connectivity index (χ0) is 16.8. The Labute approximate surface area is 144 Å². The molecule has 1 heterocycles. The number of aromatic amines is 1. The first kappa shape index (κ1) is 15.9. The lowest BCUT2D eigenvalue weighted by molar-refractivity contribution is 0.939. The van der Waals surface area contributed by atoms with E-state index in [1.54, 1.807) is 0 Å². The van der Waals surface area contributed by atoms with Gasteiger partial charge in [0.2, 0.25) is 0 Å². The van der Waals surface area contributed by atoms with Gasteiger partial charge in [-0.25, -0.2) is 4.98 Å². The summed E-state index contributed by atoms with van der Waals surface area (Å²) in [7, 11) is 0. The molecule has 0 aliphatic rings. The highest BCUT2D eigenvalue weighted by Gasteiger charge is 2.07. The zero-order valence-electron chi connectivity index (χ0n) is 12.8. The molecular formula is C19H15N3OS. The van der Waals surface area contributed by atoms with Gasteiger partial charge < -0.3 is 10.7 Å². The van der Waals surface area contributed by atoms with E-state index >= 15 is 0 Å². The molecular weight excluding hydrogens is 318 g/mol. The Bertz CT molecular complexity index is 941. The van der Waals surface area contributed by atoms with Crippen molar-refractivity contribution < 1.29 is 0 Å². The van der Waals surface area contributed by atoms with Crippen molar-refractivity contribution in [2.24, 2.45) is 0 Å². The molecule has 0 unspecified atom stereocenters. The van der Waals surface area contributed by atoms with E-state index in [1.807, 2.05) is 60.7 Å². The number of hydrogen-bond acceptors (Lipinski definition) is 4. The number of hydrogen-bond donors (Lipinski definition) is 2. The molecule has 24 heavy (non-hydrogen) atoms. The molecule has 0 aliphatic heterocycles. The molecule has 0 radical (unpaired) electrons. The third kappa shape index (κ3) is 4.06. The van der Waals surface area contributed by atoms with Crippen LogP contribution >= 0.6 is 11.8 Å². The van der Waals surface area contributed by atoms with Crippen LogP contribution in [0.1, 0.15) is 16.7 Å². The van der Waals surface area contributed by atoms with E-state index in [1.165, 1.54) is 11.8 Å². The summed E-state index contributed by atoms with van der Waals surface area (Å²) in [5.41, 5.74) is 7.76. The maximum Gasteiger partial charge on any atom is 0.269 e. The monoisotopic (exact) mass is 333 g/mol. The molecule has 0 saturated carbocycles. The van der Waals surface area contributed by atoms with Crippen LogP contribution in [-0.2, 0) is 5.75 Å². The van der Waals surface area contributed by atoms with E-state index in [9.17, 15) is 4.79 Å². The number of nitrogens with one attached hydrogen (secondary N) is 1. The van der Waals surface area contributed by atoms with Crippen molar-refractivity contribution in [3.8, 4) is 11.8 Å². The van der Waals surface area contributed by atoms with E-state index in [0.717, 1.165) is 11.1 Å². The normalized spacial score (nSPS) is 10.0. The zero-order valence-corrected chi connectivity index (χ0v) is 13.6. The fourth-order valence-electron chi connectivity index (χ4n) is 2.04. The quantitative estimate of drug-likeness (QED) is 0.439. The van der Waals surface area contributed by atoms with Gasteiger partial charge in [-0.1, -0.05) is 72.1 Å². The molecule has 0 saturated heterocycles. The number of nitrogen functional groups attached to an aromatic ring is 1. The second-order valence-electron chi connectivity index (χ2n) is 5.02. The molecule has 1 aromatic heterocycles. The van der Waals surface area contributed by atoms with Gasteiger partial charge in [0.15, 0.2) is 5.16 Å². The largest absolute Gasteiger partial charge is 0.382 e. The van der Waals surface area contributed by atoms with E-state index in [2.05, 4.69) is 21.8 Å². The fourth-order valence-corrected chi connectivity index (χ4v) is 2.86. The van der Waals surface area contributed by atoms with E-state index < -0.39 is 0 Å². The number of H-pyrrole nitrogens is 1. The molecule has 0 fully saturated rings. The molecule has 118 valence electrons. The fraction of sp³-hybridized carbons (Fsp3) is 0.0526. The summed E-state index contributed by atoms with van der Waals surface area (Å²) in [6.45, 7) is 0. The van der Waals surface area contributed by atoms with Crippen LogP contribution in [0.25, 0.3) is 0 Å². The number of benzene rings is 2. The van der Waals surface area contributed by atoms with Crippen LogP contribution in [0.2, 0.25) is 0 Å². The number of thioether (sulfide) groups is 1. The van der Waals surface area contributed by atoms with Gasteiger partial charge in [0.05, 0.1) is 0 Å². The Morgan fingerprint density at radius 1 is 1.00 bits per heavy atom. The minimum atomic E-state index is -0.318. The predicted octanol–water partition coefficient (Wildman–Crippen LogP) is 3.04. The molecule has 0 amide bonds. The molecule has 0 aliphatic carbocycles. The molecule has 0 spiro atoms. The SMILES string of the molecule is Nc1nc(SCc2ccccc2)[nH]c(=O)c1C#Cc1ccccc1. The second kappa shape index (κ2) is 7.53. The minimum Gasteiger partial charge on any atom is -0.382 e. The third-order valence-electron chi connectivity index (χ3n) is 3.25. The average Bonchev–Trinajstić information content (AvgIpc) is 2.61. The predicted molar refractivity (Wildman–Crippen MR) is 97.7 cm³/mol. The number of rotatable bonds is 3.